The summed E-state index contributed by atoms with van der Waals surface area (Å²) in [5.41, 5.74) is 1.03. The minimum Gasteiger partial charge on any atom is -0.508 e. The number of benzene rings is 1. The molecule has 0 saturated heterocycles. The number of aromatic hydroxyl groups is 1. The number of pyridine rings is 1. The Morgan fingerprint density at radius 2 is 2.05 bits per heavy atom. The minimum absolute atomic E-state index is 0.164. The van der Waals surface area contributed by atoms with E-state index in [1.807, 2.05) is 13.0 Å². The van der Waals surface area contributed by atoms with Gasteiger partial charge in [-0.2, -0.15) is 0 Å². The molecular weight excluding hydrogens is 276 g/mol. The second-order valence-corrected chi connectivity index (χ2v) is 4.91. The van der Waals surface area contributed by atoms with Gasteiger partial charge in [-0.15, -0.1) is 0 Å². The van der Waals surface area contributed by atoms with Gasteiger partial charge in [0, 0.05) is 25.0 Å². The number of phenolic OH excluding ortho intramolecular Hbond substituents is 1. The van der Waals surface area contributed by atoms with E-state index < -0.39 is 0 Å². The molecule has 0 bridgehead atoms. The van der Waals surface area contributed by atoms with Crippen molar-refractivity contribution in [2.24, 2.45) is 0 Å². The van der Waals surface area contributed by atoms with Gasteiger partial charge in [-0.1, -0.05) is 29.8 Å². The molecule has 5 heteroatoms. The van der Waals surface area contributed by atoms with Crippen LogP contribution >= 0.6 is 11.6 Å². The Morgan fingerprint density at radius 3 is 2.70 bits per heavy atom. The number of para-hydroxylation sites is 1. The first-order chi connectivity index (χ1) is 9.52. The zero-order valence-corrected chi connectivity index (χ0v) is 12.0. The molecule has 0 radical (unpaired) electrons. The van der Waals surface area contributed by atoms with Crippen molar-refractivity contribution in [1.82, 2.24) is 9.88 Å². The summed E-state index contributed by atoms with van der Waals surface area (Å²) in [7, 11) is 1.67. The lowest BCUT2D eigenvalue weighted by atomic mass is 10.1. The molecule has 1 heterocycles. The highest BCUT2D eigenvalue weighted by molar-refractivity contribution is 6.33. The van der Waals surface area contributed by atoms with Crippen LogP contribution in [0, 0.1) is 0 Å². The summed E-state index contributed by atoms with van der Waals surface area (Å²) in [6, 6.07) is 8.25. The van der Waals surface area contributed by atoms with Crippen LogP contribution in [0.15, 0.2) is 42.7 Å². The Balaban J connectivity index is 2.28. The van der Waals surface area contributed by atoms with Gasteiger partial charge in [-0.05, 0) is 19.1 Å². The molecule has 0 fully saturated rings. The van der Waals surface area contributed by atoms with Crippen LogP contribution in [-0.4, -0.2) is 27.9 Å². The molecule has 0 spiro atoms. The summed E-state index contributed by atoms with van der Waals surface area (Å²) < 4.78 is 0. The first kappa shape index (κ1) is 14.3. The van der Waals surface area contributed by atoms with Crippen LogP contribution in [0.5, 0.6) is 5.75 Å². The standard InChI is InChI=1S/C15H15ClN2O2/c1-10(11-5-3-4-6-14(11)19)18(2)15(20)12-9-17-8-7-13(12)16/h3-10,19H,1-2H3. The first-order valence-electron chi connectivity index (χ1n) is 6.17. The fourth-order valence-electron chi connectivity index (χ4n) is 1.95. The van der Waals surface area contributed by atoms with Crippen molar-refractivity contribution in [2.45, 2.75) is 13.0 Å². The number of rotatable bonds is 3. The van der Waals surface area contributed by atoms with E-state index in [4.69, 9.17) is 11.6 Å². The summed E-state index contributed by atoms with van der Waals surface area (Å²) in [4.78, 5) is 17.9. The molecule has 0 aliphatic rings. The van der Waals surface area contributed by atoms with Crippen molar-refractivity contribution in [1.29, 1.82) is 0 Å². The second kappa shape index (κ2) is 5.92. The zero-order valence-electron chi connectivity index (χ0n) is 11.2. The van der Waals surface area contributed by atoms with Crippen LogP contribution in [-0.2, 0) is 0 Å². The molecule has 1 aromatic carbocycles. The maximum Gasteiger partial charge on any atom is 0.257 e. The van der Waals surface area contributed by atoms with Crippen molar-refractivity contribution in [3.8, 4) is 5.75 Å². The average molecular weight is 291 g/mol. The largest absolute Gasteiger partial charge is 0.508 e. The molecule has 20 heavy (non-hydrogen) atoms. The Hall–Kier alpha value is -2.07. The van der Waals surface area contributed by atoms with Crippen LogP contribution in [0.4, 0.5) is 0 Å². The Labute approximate surface area is 122 Å². The molecule has 0 saturated carbocycles. The third-order valence-electron chi connectivity index (χ3n) is 3.29. The molecule has 1 N–H and O–H groups in total. The van der Waals surface area contributed by atoms with E-state index in [0.717, 1.165) is 0 Å². The number of amides is 1. The van der Waals surface area contributed by atoms with Gasteiger partial charge in [0.2, 0.25) is 0 Å². The first-order valence-corrected chi connectivity index (χ1v) is 6.54. The van der Waals surface area contributed by atoms with Crippen LogP contribution < -0.4 is 0 Å². The third-order valence-corrected chi connectivity index (χ3v) is 3.62. The third kappa shape index (κ3) is 2.75. The molecule has 1 amide bonds. The highest BCUT2D eigenvalue weighted by Crippen LogP contribution is 2.28. The summed E-state index contributed by atoms with van der Waals surface area (Å²) in [6.07, 6.45) is 2.98. The maximum atomic E-state index is 12.4. The van der Waals surface area contributed by atoms with Gasteiger partial charge in [0.25, 0.3) is 5.91 Å². The van der Waals surface area contributed by atoms with E-state index >= 15 is 0 Å². The maximum absolute atomic E-state index is 12.4. The molecule has 4 nitrogen and oxygen atoms in total. The van der Waals surface area contributed by atoms with Crippen molar-refractivity contribution >= 4 is 17.5 Å². The SMILES string of the molecule is CC(c1ccccc1O)N(C)C(=O)c1cnccc1Cl. The smallest absolute Gasteiger partial charge is 0.257 e. The second-order valence-electron chi connectivity index (χ2n) is 4.51. The fourth-order valence-corrected chi connectivity index (χ4v) is 2.14. The summed E-state index contributed by atoms with van der Waals surface area (Å²) in [5, 5.41) is 10.2. The number of halogens is 1. The van der Waals surface area contributed by atoms with E-state index in [1.165, 1.54) is 17.3 Å². The van der Waals surface area contributed by atoms with Crippen LogP contribution in [0.1, 0.15) is 28.9 Å². The quantitative estimate of drug-likeness (QED) is 0.944. The van der Waals surface area contributed by atoms with Crippen LogP contribution in [0.2, 0.25) is 5.02 Å². The summed E-state index contributed by atoms with van der Waals surface area (Å²) in [5.74, 6) is -0.0733. The van der Waals surface area contributed by atoms with Gasteiger partial charge < -0.3 is 10.0 Å². The van der Waals surface area contributed by atoms with E-state index in [2.05, 4.69) is 4.98 Å². The molecule has 2 aromatic rings. The number of nitrogens with zero attached hydrogens (tertiary/aromatic N) is 2. The van der Waals surface area contributed by atoms with Crippen molar-refractivity contribution < 1.29 is 9.90 Å². The van der Waals surface area contributed by atoms with Gasteiger partial charge in [-0.3, -0.25) is 9.78 Å². The Bertz CT molecular complexity index is 631. The molecule has 1 aromatic heterocycles. The zero-order chi connectivity index (χ0) is 14.7. The molecule has 0 aliphatic carbocycles. The van der Waals surface area contributed by atoms with E-state index in [0.29, 0.717) is 16.1 Å². The van der Waals surface area contributed by atoms with Gasteiger partial charge in [0.15, 0.2) is 0 Å². The van der Waals surface area contributed by atoms with Crippen LogP contribution in [0.25, 0.3) is 0 Å². The minimum atomic E-state index is -0.278. The number of hydrogen-bond acceptors (Lipinski definition) is 3. The lowest BCUT2D eigenvalue weighted by molar-refractivity contribution is 0.0741. The molecule has 1 unspecified atom stereocenters. The molecule has 1 atom stereocenters. The van der Waals surface area contributed by atoms with Crippen molar-refractivity contribution in [3.63, 3.8) is 0 Å². The number of carbonyl (C=O) groups excluding carboxylic acids is 1. The highest BCUT2D eigenvalue weighted by Gasteiger charge is 2.22. The predicted molar refractivity (Wildman–Crippen MR) is 77.9 cm³/mol. The molecule has 0 aliphatic heterocycles. The van der Waals surface area contributed by atoms with Gasteiger partial charge in [-0.25, -0.2) is 0 Å². The topological polar surface area (TPSA) is 53.4 Å². The number of hydrogen-bond donors (Lipinski definition) is 1. The highest BCUT2D eigenvalue weighted by atomic mass is 35.5. The fraction of sp³-hybridized carbons (Fsp3) is 0.200. The van der Waals surface area contributed by atoms with Gasteiger partial charge >= 0.3 is 0 Å². The normalized spacial score (nSPS) is 11.9. The van der Waals surface area contributed by atoms with Gasteiger partial charge in [0.1, 0.15) is 5.75 Å². The molecular formula is C15H15ClN2O2. The van der Waals surface area contributed by atoms with Crippen molar-refractivity contribution in [2.75, 3.05) is 7.05 Å². The number of phenols is 1. The van der Waals surface area contributed by atoms with Crippen LogP contribution in [0.3, 0.4) is 0 Å². The predicted octanol–water partition coefficient (Wildman–Crippen LogP) is 3.27. The van der Waals surface area contributed by atoms with E-state index in [1.54, 1.807) is 31.3 Å². The Kier molecular flexibility index (Phi) is 4.25. The molecule has 104 valence electrons. The van der Waals surface area contributed by atoms with E-state index in [-0.39, 0.29) is 17.7 Å². The number of aromatic nitrogens is 1. The molecule has 2 rings (SSSR count). The van der Waals surface area contributed by atoms with Gasteiger partial charge in [0.05, 0.1) is 16.6 Å². The van der Waals surface area contributed by atoms with E-state index in [9.17, 15) is 9.90 Å². The lowest BCUT2D eigenvalue weighted by Gasteiger charge is -2.26. The Morgan fingerprint density at radius 1 is 1.35 bits per heavy atom. The summed E-state index contributed by atoms with van der Waals surface area (Å²) in [6.45, 7) is 1.84. The monoisotopic (exact) mass is 290 g/mol. The summed E-state index contributed by atoms with van der Waals surface area (Å²) >= 11 is 6.01. The average Bonchev–Trinajstić information content (AvgIpc) is 2.46. The lowest BCUT2D eigenvalue weighted by Crippen LogP contribution is -2.30. The van der Waals surface area contributed by atoms with Crippen molar-refractivity contribution in [3.05, 3.63) is 58.9 Å². The number of carbonyl (C=O) groups is 1.